The van der Waals surface area contributed by atoms with Crippen LogP contribution in [0, 0.1) is 9.81 Å². The number of hydrogen-bond donors (Lipinski definition) is 0. The smallest absolute Gasteiger partial charge is 0.108 e. The minimum absolute atomic E-state index is 0.354. The predicted octanol–water partition coefficient (Wildman–Crippen LogP) is 4.54. The van der Waals surface area contributed by atoms with Gasteiger partial charge in [-0.1, -0.05) is 32.6 Å². The molecule has 0 aliphatic carbocycles. The van der Waals surface area contributed by atoms with Crippen LogP contribution in [0.15, 0.2) is 34.7 Å². The van der Waals surface area contributed by atoms with Gasteiger partial charge in [0.1, 0.15) is 5.69 Å². The molecule has 5 nitrogen and oxygen atoms in total. The fourth-order valence-electron chi connectivity index (χ4n) is 1.77. The summed E-state index contributed by atoms with van der Waals surface area (Å²) in [6, 6.07) is 6.53. The normalized spacial score (nSPS) is 10.1. The van der Waals surface area contributed by atoms with Gasteiger partial charge in [0.05, 0.1) is 11.0 Å². The number of nitroso groups, excluding NO2 is 2. The summed E-state index contributed by atoms with van der Waals surface area (Å²) in [6.45, 7) is 2.78. The molecule has 0 spiro atoms. The molecule has 0 N–H and O–H groups in total. The van der Waals surface area contributed by atoms with Crippen molar-refractivity contribution >= 4 is 11.4 Å². The largest absolute Gasteiger partial charge is 0.229 e. The van der Waals surface area contributed by atoms with Crippen molar-refractivity contribution in [1.82, 2.24) is 0 Å². The summed E-state index contributed by atoms with van der Waals surface area (Å²) in [4.78, 5) is 21.1. The van der Waals surface area contributed by atoms with Crippen LogP contribution in [0.3, 0.4) is 0 Å². The summed E-state index contributed by atoms with van der Waals surface area (Å²) in [5, 5.41) is 7.24. The van der Waals surface area contributed by atoms with E-state index in [0.29, 0.717) is 17.9 Å². The molecule has 0 saturated heterocycles. The zero-order chi connectivity index (χ0) is 13.2. The number of anilines is 1. The Balaban J connectivity index is 2.44. The van der Waals surface area contributed by atoms with E-state index in [0.717, 1.165) is 12.8 Å². The summed E-state index contributed by atoms with van der Waals surface area (Å²) >= 11 is 0. The van der Waals surface area contributed by atoms with E-state index in [-0.39, 0.29) is 0 Å². The molecular formula is C13H19N3O2. The van der Waals surface area contributed by atoms with Crippen LogP contribution in [0.1, 0.15) is 39.0 Å². The van der Waals surface area contributed by atoms with E-state index >= 15 is 0 Å². The first kappa shape index (κ1) is 14.3. The van der Waals surface area contributed by atoms with Crippen molar-refractivity contribution in [3.05, 3.63) is 34.1 Å². The maximum absolute atomic E-state index is 10.8. The number of unbranched alkanes of at least 4 members (excludes halogenated alkanes) is 4. The fourth-order valence-corrected chi connectivity index (χ4v) is 1.77. The maximum Gasteiger partial charge on any atom is 0.108 e. The minimum atomic E-state index is 0.354. The second-order valence-corrected chi connectivity index (χ2v) is 4.23. The molecule has 18 heavy (non-hydrogen) atoms. The molecule has 1 rings (SSSR count). The van der Waals surface area contributed by atoms with Gasteiger partial charge in [-0.15, -0.1) is 9.81 Å². The van der Waals surface area contributed by atoms with E-state index in [2.05, 4.69) is 17.4 Å². The summed E-state index contributed by atoms with van der Waals surface area (Å²) in [5.74, 6) is 0. The van der Waals surface area contributed by atoms with Gasteiger partial charge in [-0.2, -0.15) is 0 Å². The first-order valence-corrected chi connectivity index (χ1v) is 6.36. The fraction of sp³-hybridized carbons (Fsp3) is 0.538. The Hall–Kier alpha value is -1.78. The number of hydrogen-bond acceptors (Lipinski definition) is 4. The SMILES string of the molecule is CCCCCCCN(N=O)c1ccc(N=O)cc1. The standard InChI is InChI=1S/C13H19N3O2/c1-2-3-4-5-6-11-16(15-18)13-9-7-12(14-17)8-10-13/h7-10H,2-6,11H2,1H3. The highest BCUT2D eigenvalue weighted by Gasteiger charge is 2.06. The molecule has 0 radical (unpaired) electrons. The number of nitrogens with zero attached hydrogens (tertiary/aromatic N) is 3. The lowest BCUT2D eigenvalue weighted by Crippen LogP contribution is -2.16. The Morgan fingerprint density at radius 1 is 1.00 bits per heavy atom. The maximum atomic E-state index is 10.8. The quantitative estimate of drug-likeness (QED) is 0.366. The van der Waals surface area contributed by atoms with Crippen LogP contribution in [0.5, 0.6) is 0 Å². The van der Waals surface area contributed by atoms with Gasteiger partial charge in [-0.25, -0.2) is 5.01 Å². The lowest BCUT2D eigenvalue weighted by Gasteiger charge is -2.14. The Kier molecular flexibility index (Phi) is 6.61. The van der Waals surface area contributed by atoms with Gasteiger partial charge in [0, 0.05) is 6.54 Å². The highest BCUT2D eigenvalue weighted by molar-refractivity contribution is 5.52. The molecule has 0 atom stereocenters. The summed E-state index contributed by atoms with van der Waals surface area (Å²) in [5.41, 5.74) is 1.06. The third-order valence-electron chi connectivity index (χ3n) is 2.83. The Morgan fingerprint density at radius 3 is 2.22 bits per heavy atom. The molecule has 0 aliphatic rings. The highest BCUT2D eigenvalue weighted by atomic mass is 16.3. The van der Waals surface area contributed by atoms with Crippen LogP contribution in [-0.4, -0.2) is 6.54 Å². The first-order valence-electron chi connectivity index (χ1n) is 6.36. The molecule has 0 aromatic heterocycles. The highest BCUT2D eigenvalue weighted by Crippen LogP contribution is 2.20. The zero-order valence-corrected chi connectivity index (χ0v) is 10.7. The van der Waals surface area contributed by atoms with Crippen LogP contribution < -0.4 is 5.01 Å². The zero-order valence-electron chi connectivity index (χ0n) is 10.7. The van der Waals surface area contributed by atoms with Gasteiger partial charge in [0.25, 0.3) is 0 Å². The van der Waals surface area contributed by atoms with Crippen molar-refractivity contribution in [3.8, 4) is 0 Å². The third-order valence-corrected chi connectivity index (χ3v) is 2.83. The van der Waals surface area contributed by atoms with Crippen molar-refractivity contribution in [1.29, 1.82) is 0 Å². The van der Waals surface area contributed by atoms with Crippen molar-refractivity contribution < 1.29 is 0 Å². The van der Waals surface area contributed by atoms with Crippen molar-refractivity contribution in [2.45, 2.75) is 39.0 Å². The van der Waals surface area contributed by atoms with E-state index in [9.17, 15) is 9.81 Å². The van der Waals surface area contributed by atoms with Gasteiger partial charge in [0.2, 0.25) is 0 Å². The Morgan fingerprint density at radius 2 is 1.67 bits per heavy atom. The monoisotopic (exact) mass is 249 g/mol. The topological polar surface area (TPSA) is 62.1 Å². The molecule has 0 heterocycles. The van der Waals surface area contributed by atoms with Gasteiger partial charge < -0.3 is 0 Å². The molecular weight excluding hydrogens is 230 g/mol. The minimum Gasteiger partial charge on any atom is -0.229 e. The molecule has 0 saturated carbocycles. The molecule has 0 bridgehead atoms. The molecule has 0 unspecified atom stereocenters. The lowest BCUT2D eigenvalue weighted by atomic mass is 10.1. The van der Waals surface area contributed by atoms with Crippen LogP contribution in [-0.2, 0) is 0 Å². The molecule has 5 heteroatoms. The number of benzene rings is 1. The summed E-state index contributed by atoms with van der Waals surface area (Å²) in [7, 11) is 0. The average molecular weight is 249 g/mol. The van der Waals surface area contributed by atoms with Gasteiger partial charge >= 0.3 is 0 Å². The first-order chi connectivity index (χ1) is 8.81. The third kappa shape index (κ3) is 4.61. The molecule has 0 fully saturated rings. The average Bonchev–Trinajstić information content (AvgIpc) is 2.43. The van der Waals surface area contributed by atoms with E-state index in [1.54, 1.807) is 24.3 Å². The molecule has 1 aromatic carbocycles. The van der Waals surface area contributed by atoms with Gasteiger partial charge in [-0.3, -0.25) is 0 Å². The van der Waals surface area contributed by atoms with E-state index < -0.39 is 0 Å². The number of rotatable bonds is 9. The Bertz CT molecular complexity index is 365. The molecule has 98 valence electrons. The van der Waals surface area contributed by atoms with Gasteiger partial charge in [0.15, 0.2) is 0 Å². The second-order valence-electron chi connectivity index (χ2n) is 4.23. The van der Waals surface area contributed by atoms with Crippen molar-refractivity contribution in [2.24, 2.45) is 10.5 Å². The van der Waals surface area contributed by atoms with Crippen molar-refractivity contribution in [2.75, 3.05) is 11.6 Å². The molecule has 0 aliphatic heterocycles. The van der Waals surface area contributed by atoms with Crippen molar-refractivity contribution in [3.63, 3.8) is 0 Å². The van der Waals surface area contributed by atoms with Gasteiger partial charge in [-0.05, 0) is 35.9 Å². The lowest BCUT2D eigenvalue weighted by molar-refractivity contribution is 0.622. The van der Waals surface area contributed by atoms with E-state index in [1.807, 2.05) is 0 Å². The van der Waals surface area contributed by atoms with Crippen LogP contribution in [0.25, 0.3) is 0 Å². The van der Waals surface area contributed by atoms with E-state index in [4.69, 9.17) is 0 Å². The van der Waals surface area contributed by atoms with Crippen LogP contribution in [0.4, 0.5) is 11.4 Å². The predicted molar refractivity (Wildman–Crippen MR) is 73.8 cm³/mol. The molecule has 0 amide bonds. The van der Waals surface area contributed by atoms with E-state index in [1.165, 1.54) is 24.3 Å². The second kappa shape index (κ2) is 8.33. The van der Waals surface area contributed by atoms with Crippen LogP contribution >= 0.6 is 0 Å². The Labute approximate surface area is 107 Å². The summed E-state index contributed by atoms with van der Waals surface area (Å²) < 4.78 is 0. The van der Waals surface area contributed by atoms with Crippen LogP contribution in [0.2, 0.25) is 0 Å². The summed E-state index contributed by atoms with van der Waals surface area (Å²) in [6.07, 6.45) is 5.68. The molecule has 1 aromatic rings.